The molecule has 0 saturated carbocycles. The molecule has 0 aliphatic carbocycles. The second kappa shape index (κ2) is 7.76. The first kappa shape index (κ1) is 17.9. The maximum Gasteiger partial charge on any atom is 0.168 e. The number of likely N-dealkylation sites (N-methyl/N-ethyl adjacent to an activating group) is 1. The molecule has 120 valence electrons. The molecule has 0 saturated heterocycles. The van der Waals surface area contributed by atoms with Gasteiger partial charge in [-0.2, -0.15) is 0 Å². The quantitative estimate of drug-likeness (QED) is 0.836. The smallest absolute Gasteiger partial charge is 0.168 e. The summed E-state index contributed by atoms with van der Waals surface area (Å²) in [6.07, 6.45) is 0.551. The number of rotatable bonds is 7. The van der Waals surface area contributed by atoms with Crippen LogP contribution in [0.25, 0.3) is 0 Å². The molecule has 2 atom stereocenters. The zero-order valence-corrected chi connectivity index (χ0v) is 14.0. The van der Waals surface area contributed by atoms with Crippen molar-refractivity contribution in [1.29, 1.82) is 0 Å². The van der Waals surface area contributed by atoms with Gasteiger partial charge < -0.3 is 14.8 Å². The van der Waals surface area contributed by atoms with E-state index in [9.17, 15) is 4.39 Å². The molecule has 2 unspecified atom stereocenters. The number of hydrogen-bond donors (Lipinski definition) is 1. The highest BCUT2D eigenvalue weighted by molar-refractivity contribution is 5.31. The molecule has 1 rings (SSSR count). The van der Waals surface area contributed by atoms with Crippen LogP contribution < -0.4 is 10.1 Å². The minimum absolute atomic E-state index is 0.0111. The Morgan fingerprint density at radius 3 is 2.38 bits per heavy atom. The van der Waals surface area contributed by atoms with E-state index in [0.29, 0.717) is 12.0 Å². The lowest BCUT2D eigenvalue weighted by molar-refractivity contribution is -0.0108. The van der Waals surface area contributed by atoms with Gasteiger partial charge in [0.15, 0.2) is 11.6 Å². The fourth-order valence-electron chi connectivity index (χ4n) is 2.78. The van der Waals surface area contributed by atoms with Gasteiger partial charge in [0, 0.05) is 13.2 Å². The van der Waals surface area contributed by atoms with Crippen LogP contribution in [-0.4, -0.2) is 32.9 Å². The monoisotopic (exact) mass is 297 g/mol. The molecule has 0 fully saturated rings. The van der Waals surface area contributed by atoms with Crippen molar-refractivity contribution in [2.24, 2.45) is 5.41 Å². The van der Waals surface area contributed by atoms with Crippen molar-refractivity contribution in [2.45, 2.75) is 46.3 Å². The molecule has 1 aromatic carbocycles. The van der Waals surface area contributed by atoms with Crippen LogP contribution in [0.2, 0.25) is 0 Å². The van der Waals surface area contributed by atoms with Crippen LogP contribution in [0.1, 0.15) is 33.3 Å². The zero-order valence-electron chi connectivity index (χ0n) is 14.0. The van der Waals surface area contributed by atoms with Crippen LogP contribution in [0.4, 0.5) is 4.39 Å². The van der Waals surface area contributed by atoms with Gasteiger partial charge in [-0.25, -0.2) is 4.39 Å². The molecule has 0 radical (unpaired) electrons. The Hall–Kier alpha value is -1.13. The minimum Gasteiger partial charge on any atom is -0.494 e. The van der Waals surface area contributed by atoms with Crippen LogP contribution in [0, 0.1) is 11.2 Å². The van der Waals surface area contributed by atoms with Gasteiger partial charge in [-0.1, -0.05) is 39.8 Å². The Morgan fingerprint density at radius 2 is 1.90 bits per heavy atom. The Kier molecular flexibility index (Phi) is 6.62. The van der Waals surface area contributed by atoms with Crippen LogP contribution in [-0.2, 0) is 11.2 Å². The molecule has 0 bridgehead atoms. The van der Waals surface area contributed by atoms with Crippen LogP contribution in [0.5, 0.6) is 5.75 Å². The molecule has 0 heterocycles. The Morgan fingerprint density at radius 1 is 1.24 bits per heavy atom. The summed E-state index contributed by atoms with van der Waals surface area (Å²) in [5.74, 6) is -0.000797. The predicted molar refractivity (Wildman–Crippen MR) is 84.4 cm³/mol. The zero-order chi connectivity index (χ0) is 16.0. The Bertz CT molecular complexity index is 443. The second-order valence-electron chi connectivity index (χ2n) is 6.32. The average molecular weight is 297 g/mol. The van der Waals surface area contributed by atoms with E-state index in [1.54, 1.807) is 19.2 Å². The highest BCUT2D eigenvalue weighted by Crippen LogP contribution is 2.28. The summed E-state index contributed by atoms with van der Waals surface area (Å²) in [5.41, 5.74) is 0.614. The SMILES string of the molecule is CCNC(Cc1cccc(OC)c1F)C(OC)C(C)(C)C. The molecule has 3 nitrogen and oxygen atoms in total. The lowest BCUT2D eigenvalue weighted by Crippen LogP contribution is -2.49. The normalized spacial score (nSPS) is 14.8. The maximum absolute atomic E-state index is 14.3. The van der Waals surface area contributed by atoms with Crippen molar-refractivity contribution in [3.8, 4) is 5.75 Å². The van der Waals surface area contributed by atoms with Crippen molar-refractivity contribution in [1.82, 2.24) is 5.32 Å². The maximum atomic E-state index is 14.3. The number of ether oxygens (including phenoxy) is 2. The van der Waals surface area contributed by atoms with Gasteiger partial charge in [-0.05, 0) is 30.0 Å². The van der Waals surface area contributed by atoms with E-state index in [0.717, 1.165) is 6.54 Å². The van der Waals surface area contributed by atoms with E-state index in [1.165, 1.54) is 7.11 Å². The van der Waals surface area contributed by atoms with Crippen LogP contribution in [0.15, 0.2) is 18.2 Å². The fraction of sp³-hybridized carbons (Fsp3) is 0.647. The van der Waals surface area contributed by atoms with Crippen molar-refractivity contribution >= 4 is 0 Å². The molecule has 1 aromatic rings. The first-order chi connectivity index (χ1) is 9.85. The largest absolute Gasteiger partial charge is 0.494 e. The molecule has 4 heteroatoms. The lowest BCUT2D eigenvalue weighted by Gasteiger charge is -2.36. The average Bonchev–Trinajstić information content (AvgIpc) is 2.40. The van der Waals surface area contributed by atoms with E-state index in [-0.39, 0.29) is 29.1 Å². The molecule has 0 amide bonds. The number of methoxy groups -OCH3 is 2. The number of hydrogen-bond acceptors (Lipinski definition) is 3. The van der Waals surface area contributed by atoms with E-state index in [4.69, 9.17) is 9.47 Å². The molecule has 0 spiro atoms. The van der Waals surface area contributed by atoms with E-state index >= 15 is 0 Å². The lowest BCUT2D eigenvalue weighted by atomic mass is 9.82. The first-order valence-electron chi connectivity index (χ1n) is 7.42. The third-order valence-electron chi connectivity index (χ3n) is 3.64. The van der Waals surface area contributed by atoms with Crippen molar-refractivity contribution < 1.29 is 13.9 Å². The molecular formula is C17H28FNO2. The van der Waals surface area contributed by atoms with Gasteiger partial charge in [0.1, 0.15) is 0 Å². The summed E-state index contributed by atoms with van der Waals surface area (Å²) < 4.78 is 25.1. The summed E-state index contributed by atoms with van der Waals surface area (Å²) in [7, 11) is 3.19. The van der Waals surface area contributed by atoms with Crippen molar-refractivity contribution in [3.63, 3.8) is 0 Å². The van der Waals surface area contributed by atoms with Crippen LogP contribution in [0.3, 0.4) is 0 Å². The molecule has 1 N–H and O–H groups in total. The standard InChI is InChI=1S/C17H28FNO2/c1-7-19-13(16(21-6)17(2,3)4)11-12-9-8-10-14(20-5)15(12)18/h8-10,13,16,19H,7,11H2,1-6H3. The third-order valence-corrected chi connectivity index (χ3v) is 3.64. The molecule has 0 aliphatic rings. The number of halogens is 1. The summed E-state index contributed by atoms with van der Waals surface area (Å²) >= 11 is 0. The topological polar surface area (TPSA) is 30.5 Å². The van der Waals surface area contributed by atoms with Gasteiger partial charge in [0.25, 0.3) is 0 Å². The molecule has 0 aliphatic heterocycles. The Balaban J connectivity index is 3.03. The number of nitrogens with one attached hydrogen (secondary N) is 1. The van der Waals surface area contributed by atoms with Gasteiger partial charge in [0.05, 0.1) is 13.2 Å². The molecule has 0 aromatic heterocycles. The highest BCUT2D eigenvalue weighted by Gasteiger charge is 2.32. The predicted octanol–water partition coefficient (Wildman–Crippen LogP) is 3.42. The van der Waals surface area contributed by atoms with E-state index in [2.05, 4.69) is 26.1 Å². The van der Waals surface area contributed by atoms with Crippen LogP contribution >= 0.6 is 0 Å². The summed E-state index contributed by atoms with van der Waals surface area (Å²) in [5, 5.41) is 3.42. The first-order valence-corrected chi connectivity index (χ1v) is 7.42. The van der Waals surface area contributed by atoms with E-state index < -0.39 is 0 Å². The summed E-state index contributed by atoms with van der Waals surface area (Å²) in [6.45, 7) is 9.25. The fourth-order valence-corrected chi connectivity index (χ4v) is 2.78. The Labute approximate surface area is 127 Å². The van der Waals surface area contributed by atoms with E-state index in [1.807, 2.05) is 13.0 Å². The third kappa shape index (κ3) is 4.68. The number of benzene rings is 1. The van der Waals surface area contributed by atoms with Gasteiger partial charge in [0.2, 0.25) is 0 Å². The van der Waals surface area contributed by atoms with Gasteiger partial charge in [-0.15, -0.1) is 0 Å². The van der Waals surface area contributed by atoms with Crippen molar-refractivity contribution in [2.75, 3.05) is 20.8 Å². The van der Waals surface area contributed by atoms with Crippen molar-refractivity contribution in [3.05, 3.63) is 29.6 Å². The minimum atomic E-state index is -0.285. The summed E-state index contributed by atoms with van der Waals surface area (Å²) in [6, 6.07) is 5.30. The van der Waals surface area contributed by atoms with Gasteiger partial charge in [-0.3, -0.25) is 0 Å². The second-order valence-corrected chi connectivity index (χ2v) is 6.32. The molecular weight excluding hydrogens is 269 g/mol. The highest BCUT2D eigenvalue weighted by atomic mass is 19.1. The van der Waals surface area contributed by atoms with Gasteiger partial charge >= 0.3 is 0 Å². The summed E-state index contributed by atoms with van der Waals surface area (Å²) in [4.78, 5) is 0. The molecule has 21 heavy (non-hydrogen) atoms.